The molecule has 1 aliphatic carbocycles. The molecule has 1 saturated carbocycles. The second-order valence-electron chi connectivity index (χ2n) is 5.44. The number of carbonyl (C=O) groups is 1. The van der Waals surface area contributed by atoms with E-state index < -0.39 is 0 Å². The standard InChI is InChI=1S/C15H23N3O3/c1-11(10-19)18-15(20)17-9-12-6-7-14(16-8-12)21-13-4-2-3-5-13/h6-8,11,13,19H,2-5,9-10H2,1H3,(H2,17,18,20)/t11-/m0/s1. The second-order valence-corrected chi connectivity index (χ2v) is 5.44. The number of aromatic nitrogens is 1. The van der Waals surface area contributed by atoms with E-state index in [1.165, 1.54) is 12.8 Å². The van der Waals surface area contributed by atoms with Crippen LogP contribution in [0.15, 0.2) is 18.3 Å². The first kappa shape index (κ1) is 15.6. The fourth-order valence-electron chi connectivity index (χ4n) is 2.26. The second kappa shape index (κ2) is 7.83. The van der Waals surface area contributed by atoms with Crippen LogP contribution in [0.3, 0.4) is 0 Å². The lowest BCUT2D eigenvalue weighted by Gasteiger charge is -2.13. The molecule has 21 heavy (non-hydrogen) atoms. The molecule has 0 spiro atoms. The van der Waals surface area contributed by atoms with Gasteiger partial charge < -0.3 is 20.5 Å². The summed E-state index contributed by atoms with van der Waals surface area (Å²) in [6, 6.07) is 3.17. The lowest BCUT2D eigenvalue weighted by Crippen LogP contribution is -2.41. The molecule has 2 amide bonds. The Morgan fingerprint density at radius 1 is 1.48 bits per heavy atom. The third-order valence-corrected chi connectivity index (χ3v) is 3.49. The first-order chi connectivity index (χ1) is 10.2. The molecule has 2 rings (SSSR count). The fourth-order valence-corrected chi connectivity index (χ4v) is 2.26. The zero-order chi connectivity index (χ0) is 15.1. The van der Waals surface area contributed by atoms with Gasteiger partial charge in [-0.15, -0.1) is 0 Å². The van der Waals surface area contributed by atoms with Crippen LogP contribution < -0.4 is 15.4 Å². The third-order valence-electron chi connectivity index (χ3n) is 3.49. The van der Waals surface area contributed by atoms with Crippen molar-refractivity contribution < 1.29 is 14.6 Å². The Bertz CT molecular complexity index is 444. The van der Waals surface area contributed by atoms with Crippen molar-refractivity contribution in [1.29, 1.82) is 0 Å². The van der Waals surface area contributed by atoms with Crippen LogP contribution in [-0.2, 0) is 6.54 Å². The number of amides is 2. The quantitative estimate of drug-likeness (QED) is 0.743. The Hall–Kier alpha value is -1.82. The smallest absolute Gasteiger partial charge is 0.315 e. The Morgan fingerprint density at radius 2 is 2.24 bits per heavy atom. The fraction of sp³-hybridized carbons (Fsp3) is 0.600. The summed E-state index contributed by atoms with van der Waals surface area (Å²) in [5.74, 6) is 0.643. The van der Waals surface area contributed by atoms with Crippen molar-refractivity contribution in [3.63, 3.8) is 0 Å². The summed E-state index contributed by atoms with van der Waals surface area (Å²) in [7, 11) is 0. The predicted molar refractivity (Wildman–Crippen MR) is 79.0 cm³/mol. The highest BCUT2D eigenvalue weighted by Gasteiger charge is 2.16. The Balaban J connectivity index is 1.75. The third kappa shape index (κ3) is 5.23. The first-order valence-electron chi connectivity index (χ1n) is 7.44. The largest absolute Gasteiger partial charge is 0.474 e. The summed E-state index contributed by atoms with van der Waals surface area (Å²) in [6.45, 7) is 2.04. The lowest BCUT2D eigenvalue weighted by molar-refractivity contribution is 0.201. The van der Waals surface area contributed by atoms with E-state index >= 15 is 0 Å². The first-order valence-corrected chi connectivity index (χ1v) is 7.44. The van der Waals surface area contributed by atoms with Gasteiger partial charge in [0.15, 0.2) is 0 Å². The zero-order valence-electron chi connectivity index (χ0n) is 12.3. The van der Waals surface area contributed by atoms with E-state index in [2.05, 4.69) is 15.6 Å². The zero-order valence-corrected chi connectivity index (χ0v) is 12.3. The van der Waals surface area contributed by atoms with Crippen LogP contribution in [-0.4, -0.2) is 34.9 Å². The molecule has 0 aromatic carbocycles. The number of nitrogens with zero attached hydrogens (tertiary/aromatic N) is 1. The number of hydrogen-bond donors (Lipinski definition) is 3. The van der Waals surface area contributed by atoms with Gasteiger partial charge in [-0.1, -0.05) is 6.07 Å². The van der Waals surface area contributed by atoms with Crippen molar-refractivity contribution in [3.05, 3.63) is 23.9 Å². The summed E-state index contributed by atoms with van der Waals surface area (Å²) in [6.07, 6.45) is 6.68. The molecule has 0 saturated heterocycles. The van der Waals surface area contributed by atoms with Crippen LogP contribution in [0.5, 0.6) is 5.88 Å². The minimum absolute atomic E-state index is 0.0812. The highest BCUT2D eigenvalue weighted by molar-refractivity contribution is 5.74. The van der Waals surface area contributed by atoms with Gasteiger partial charge in [-0.3, -0.25) is 0 Å². The molecule has 6 heteroatoms. The number of aliphatic hydroxyl groups is 1. The van der Waals surface area contributed by atoms with Gasteiger partial charge in [-0.05, 0) is 38.2 Å². The van der Waals surface area contributed by atoms with Crippen LogP contribution in [0.2, 0.25) is 0 Å². The number of pyridine rings is 1. The van der Waals surface area contributed by atoms with Gasteiger partial charge in [-0.25, -0.2) is 9.78 Å². The van der Waals surface area contributed by atoms with Crippen molar-refractivity contribution in [2.75, 3.05) is 6.61 Å². The summed E-state index contributed by atoms with van der Waals surface area (Å²) < 4.78 is 5.78. The van der Waals surface area contributed by atoms with Gasteiger partial charge in [0, 0.05) is 18.8 Å². The summed E-state index contributed by atoms with van der Waals surface area (Å²) in [5, 5.41) is 14.2. The predicted octanol–water partition coefficient (Wildman–Crippen LogP) is 1.58. The van der Waals surface area contributed by atoms with E-state index in [1.54, 1.807) is 13.1 Å². The molecule has 116 valence electrons. The number of urea groups is 1. The van der Waals surface area contributed by atoms with Crippen LogP contribution in [0.1, 0.15) is 38.2 Å². The van der Waals surface area contributed by atoms with Crippen molar-refractivity contribution in [3.8, 4) is 5.88 Å². The topological polar surface area (TPSA) is 83.5 Å². The highest BCUT2D eigenvalue weighted by Crippen LogP contribution is 2.22. The molecule has 1 aliphatic rings. The molecule has 0 radical (unpaired) electrons. The maximum Gasteiger partial charge on any atom is 0.315 e. The van der Waals surface area contributed by atoms with Crippen molar-refractivity contribution in [2.45, 2.75) is 51.3 Å². The number of ether oxygens (including phenoxy) is 1. The average molecular weight is 293 g/mol. The number of nitrogens with one attached hydrogen (secondary N) is 2. The maximum atomic E-state index is 11.5. The minimum Gasteiger partial charge on any atom is -0.474 e. The Morgan fingerprint density at radius 3 is 2.86 bits per heavy atom. The average Bonchev–Trinajstić information content (AvgIpc) is 2.99. The number of rotatable bonds is 6. The molecule has 1 heterocycles. The molecule has 0 aliphatic heterocycles. The SMILES string of the molecule is C[C@@H](CO)NC(=O)NCc1ccc(OC2CCCC2)nc1. The van der Waals surface area contributed by atoms with Gasteiger partial charge in [-0.2, -0.15) is 0 Å². The molecular formula is C15H23N3O3. The molecule has 3 N–H and O–H groups in total. The van der Waals surface area contributed by atoms with Gasteiger partial charge >= 0.3 is 6.03 Å². The Kier molecular flexibility index (Phi) is 5.80. The summed E-state index contributed by atoms with van der Waals surface area (Å²) in [5.41, 5.74) is 0.903. The number of aliphatic hydroxyl groups excluding tert-OH is 1. The summed E-state index contributed by atoms with van der Waals surface area (Å²) >= 11 is 0. The molecule has 0 unspecified atom stereocenters. The van der Waals surface area contributed by atoms with E-state index in [0.29, 0.717) is 18.5 Å². The molecule has 6 nitrogen and oxygen atoms in total. The van der Waals surface area contributed by atoms with Crippen molar-refractivity contribution in [2.24, 2.45) is 0 Å². The minimum atomic E-state index is -0.303. The van der Waals surface area contributed by atoms with Gasteiger partial charge in [0.1, 0.15) is 6.10 Å². The van der Waals surface area contributed by atoms with Crippen LogP contribution in [0.25, 0.3) is 0 Å². The molecular weight excluding hydrogens is 270 g/mol. The molecule has 1 aromatic rings. The lowest BCUT2D eigenvalue weighted by atomic mass is 10.3. The maximum absolute atomic E-state index is 11.5. The van der Waals surface area contributed by atoms with E-state index in [9.17, 15) is 4.79 Å². The normalized spacial score (nSPS) is 16.5. The van der Waals surface area contributed by atoms with Crippen molar-refractivity contribution >= 4 is 6.03 Å². The molecule has 0 bridgehead atoms. The monoisotopic (exact) mass is 293 g/mol. The number of hydrogen-bond acceptors (Lipinski definition) is 4. The molecule has 1 atom stereocenters. The van der Waals surface area contributed by atoms with E-state index in [-0.39, 0.29) is 18.7 Å². The summed E-state index contributed by atoms with van der Waals surface area (Å²) in [4.78, 5) is 15.8. The number of carbonyl (C=O) groups excluding carboxylic acids is 1. The van der Waals surface area contributed by atoms with E-state index in [0.717, 1.165) is 18.4 Å². The van der Waals surface area contributed by atoms with Gasteiger partial charge in [0.05, 0.1) is 12.6 Å². The van der Waals surface area contributed by atoms with E-state index in [1.807, 2.05) is 12.1 Å². The van der Waals surface area contributed by atoms with E-state index in [4.69, 9.17) is 9.84 Å². The van der Waals surface area contributed by atoms with Crippen molar-refractivity contribution in [1.82, 2.24) is 15.6 Å². The van der Waals surface area contributed by atoms with Crippen LogP contribution in [0, 0.1) is 0 Å². The highest BCUT2D eigenvalue weighted by atomic mass is 16.5. The molecule has 1 fully saturated rings. The van der Waals surface area contributed by atoms with Gasteiger partial charge in [0.25, 0.3) is 0 Å². The van der Waals surface area contributed by atoms with Crippen LogP contribution in [0.4, 0.5) is 4.79 Å². The van der Waals surface area contributed by atoms with Gasteiger partial charge in [0.2, 0.25) is 5.88 Å². The van der Waals surface area contributed by atoms with Crippen LogP contribution >= 0.6 is 0 Å². The Labute approximate surface area is 124 Å². The molecule has 1 aromatic heterocycles.